The lowest BCUT2D eigenvalue weighted by molar-refractivity contribution is 0.0774. The molecular weight excluding hydrogens is 338 g/mol. The van der Waals surface area contributed by atoms with Crippen molar-refractivity contribution < 1.29 is 9.53 Å². The van der Waals surface area contributed by atoms with Gasteiger partial charge in [-0.3, -0.25) is 4.79 Å². The van der Waals surface area contributed by atoms with Gasteiger partial charge in [0, 0.05) is 31.4 Å². The van der Waals surface area contributed by atoms with Crippen LogP contribution in [0.5, 0.6) is 5.75 Å². The Kier molecular flexibility index (Phi) is 5.76. The highest BCUT2D eigenvalue weighted by atomic mass is 35.5. The van der Waals surface area contributed by atoms with Crippen molar-refractivity contribution in [2.75, 3.05) is 38.2 Å². The van der Waals surface area contributed by atoms with Gasteiger partial charge in [0.1, 0.15) is 18.2 Å². The molecule has 1 amide bonds. The fourth-order valence-corrected chi connectivity index (χ4v) is 3.01. The Balaban J connectivity index is 1.59. The Labute approximate surface area is 153 Å². The standard InChI is InChI=1S/C19H22ClN3O2/c1-22(13-14-25-16-8-6-15(20)7-9-16)19(24)17-5-4-10-21-18(17)23-11-2-3-12-23/h4-10H,2-3,11-14H2,1H3. The number of likely N-dealkylation sites (N-methyl/N-ethyl adjacent to an activating group) is 1. The summed E-state index contributed by atoms with van der Waals surface area (Å²) in [5, 5.41) is 0.672. The van der Waals surface area contributed by atoms with Crippen molar-refractivity contribution in [2.24, 2.45) is 0 Å². The van der Waals surface area contributed by atoms with E-state index in [-0.39, 0.29) is 5.91 Å². The van der Waals surface area contributed by atoms with Gasteiger partial charge in [-0.05, 0) is 49.2 Å². The third-order valence-corrected chi connectivity index (χ3v) is 4.53. The topological polar surface area (TPSA) is 45.7 Å². The number of carbonyl (C=O) groups is 1. The maximum atomic E-state index is 12.8. The molecule has 1 aliphatic rings. The average molecular weight is 360 g/mol. The number of benzene rings is 1. The van der Waals surface area contributed by atoms with Crippen molar-refractivity contribution in [3.8, 4) is 5.75 Å². The number of ether oxygens (including phenoxy) is 1. The SMILES string of the molecule is CN(CCOc1ccc(Cl)cc1)C(=O)c1cccnc1N1CCCC1. The molecule has 0 atom stereocenters. The second kappa shape index (κ2) is 8.21. The Hall–Kier alpha value is -2.27. The lowest BCUT2D eigenvalue weighted by Crippen LogP contribution is -2.33. The summed E-state index contributed by atoms with van der Waals surface area (Å²) >= 11 is 5.86. The zero-order valence-corrected chi connectivity index (χ0v) is 15.1. The molecule has 2 aromatic rings. The van der Waals surface area contributed by atoms with Gasteiger partial charge in [-0.15, -0.1) is 0 Å². The fraction of sp³-hybridized carbons (Fsp3) is 0.368. The van der Waals surface area contributed by atoms with Crippen LogP contribution >= 0.6 is 11.6 Å². The zero-order valence-electron chi connectivity index (χ0n) is 14.3. The molecule has 1 fully saturated rings. The molecule has 0 radical (unpaired) electrons. The second-order valence-corrected chi connectivity index (χ2v) is 6.53. The molecule has 25 heavy (non-hydrogen) atoms. The Morgan fingerprint density at radius 3 is 2.68 bits per heavy atom. The molecule has 132 valence electrons. The highest BCUT2D eigenvalue weighted by Gasteiger charge is 2.22. The van der Waals surface area contributed by atoms with Crippen LogP contribution in [0.15, 0.2) is 42.6 Å². The molecule has 0 unspecified atom stereocenters. The second-order valence-electron chi connectivity index (χ2n) is 6.10. The fourth-order valence-electron chi connectivity index (χ4n) is 2.88. The molecule has 0 N–H and O–H groups in total. The lowest BCUT2D eigenvalue weighted by atomic mass is 10.2. The van der Waals surface area contributed by atoms with E-state index in [9.17, 15) is 4.79 Å². The van der Waals surface area contributed by atoms with Crippen LogP contribution in [0.25, 0.3) is 0 Å². The first kappa shape index (κ1) is 17.5. The molecule has 1 aromatic heterocycles. The van der Waals surface area contributed by atoms with Gasteiger partial charge in [0.2, 0.25) is 0 Å². The number of halogens is 1. The molecule has 0 bridgehead atoms. The molecular formula is C19H22ClN3O2. The van der Waals surface area contributed by atoms with E-state index < -0.39 is 0 Å². The van der Waals surface area contributed by atoms with Crippen LogP contribution in [0.1, 0.15) is 23.2 Å². The summed E-state index contributed by atoms with van der Waals surface area (Å²) in [6, 6.07) is 10.9. The Morgan fingerprint density at radius 2 is 1.96 bits per heavy atom. The first-order valence-electron chi connectivity index (χ1n) is 8.49. The Bertz CT molecular complexity index is 715. The molecule has 0 saturated carbocycles. The van der Waals surface area contributed by atoms with Gasteiger partial charge in [-0.25, -0.2) is 4.98 Å². The van der Waals surface area contributed by atoms with Crippen molar-refractivity contribution in [3.05, 3.63) is 53.2 Å². The zero-order chi connectivity index (χ0) is 17.6. The number of pyridine rings is 1. The number of nitrogens with zero attached hydrogens (tertiary/aromatic N) is 3. The maximum absolute atomic E-state index is 12.8. The number of carbonyl (C=O) groups excluding carboxylic acids is 1. The minimum atomic E-state index is -0.0327. The summed E-state index contributed by atoms with van der Waals surface area (Å²) in [4.78, 5) is 21.1. The molecule has 3 rings (SSSR count). The highest BCUT2D eigenvalue weighted by molar-refractivity contribution is 6.30. The van der Waals surface area contributed by atoms with E-state index in [0.29, 0.717) is 23.7 Å². The van der Waals surface area contributed by atoms with E-state index in [1.165, 1.54) is 0 Å². The maximum Gasteiger partial charge on any atom is 0.257 e. The van der Waals surface area contributed by atoms with Gasteiger partial charge in [-0.1, -0.05) is 11.6 Å². The van der Waals surface area contributed by atoms with E-state index in [1.54, 1.807) is 30.3 Å². The number of rotatable bonds is 6. The minimum Gasteiger partial charge on any atom is -0.492 e. The van der Waals surface area contributed by atoms with Crippen LogP contribution in [0, 0.1) is 0 Å². The molecule has 0 spiro atoms. The van der Waals surface area contributed by atoms with E-state index in [4.69, 9.17) is 16.3 Å². The van der Waals surface area contributed by atoms with Gasteiger partial charge < -0.3 is 14.5 Å². The van der Waals surface area contributed by atoms with Crippen LogP contribution in [0.4, 0.5) is 5.82 Å². The molecule has 6 heteroatoms. The number of hydrogen-bond acceptors (Lipinski definition) is 4. The van der Waals surface area contributed by atoms with Crippen molar-refractivity contribution in [2.45, 2.75) is 12.8 Å². The van der Waals surface area contributed by atoms with E-state index >= 15 is 0 Å². The lowest BCUT2D eigenvalue weighted by Gasteiger charge is -2.23. The molecule has 5 nitrogen and oxygen atoms in total. The van der Waals surface area contributed by atoms with Gasteiger partial charge in [-0.2, -0.15) is 0 Å². The smallest absolute Gasteiger partial charge is 0.257 e. The predicted octanol–water partition coefficient (Wildman–Crippen LogP) is 3.49. The average Bonchev–Trinajstić information content (AvgIpc) is 3.17. The molecule has 0 aliphatic carbocycles. The van der Waals surface area contributed by atoms with Crippen LogP contribution in [0.3, 0.4) is 0 Å². The van der Waals surface area contributed by atoms with Crippen molar-refractivity contribution in [1.29, 1.82) is 0 Å². The summed E-state index contributed by atoms with van der Waals surface area (Å²) in [6.45, 7) is 2.83. The molecule has 2 heterocycles. The molecule has 1 aliphatic heterocycles. The van der Waals surface area contributed by atoms with Crippen LogP contribution in [-0.4, -0.2) is 49.1 Å². The third-order valence-electron chi connectivity index (χ3n) is 4.28. The van der Waals surface area contributed by atoms with Crippen molar-refractivity contribution in [1.82, 2.24) is 9.88 Å². The normalized spacial score (nSPS) is 13.8. The number of aromatic nitrogens is 1. The summed E-state index contributed by atoms with van der Waals surface area (Å²) in [5.41, 5.74) is 0.651. The van der Waals surface area contributed by atoms with E-state index in [1.807, 2.05) is 24.3 Å². The van der Waals surface area contributed by atoms with Crippen LogP contribution in [-0.2, 0) is 0 Å². The van der Waals surface area contributed by atoms with Crippen molar-refractivity contribution in [3.63, 3.8) is 0 Å². The highest BCUT2D eigenvalue weighted by Crippen LogP contribution is 2.23. The van der Waals surface area contributed by atoms with Crippen LogP contribution < -0.4 is 9.64 Å². The van der Waals surface area contributed by atoms with Crippen LogP contribution in [0.2, 0.25) is 5.02 Å². The van der Waals surface area contributed by atoms with E-state index in [0.717, 1.165) is 37.5 Å². The van der Waals surface area contributed by atoms with Gasteiger partial charge >= 0.3 is 0 Å². The first-order valence-corrected chi connectivity index (χ1v) is 8.87. The molecule has 1 aromatic carbocycles. The number of anilines is 1. The largest absolute Gasteiger partial charge is 0.492 e. The van der Waals surface area contributed by atoms with Gasteiger partial charge in [0.25, 0.3) is 5.91 Å². The third kappa shape index (κ3) is 4.42. The minimum absolute atomic E-state index is 0.0327. The summed E-state index contributed by atoms with van der Waals surface area (Å²) < 4.78 is 5.67. The summed E-state index contributed by atoms with van der Waals surface area (Å²) in [7, 11) is 1.79. The Morgan fingerprint density at radius 1 is 1.24 bits per heavy atom. The molecule has 1 saturated heterocycles. The quantitative estimate of drug-likeness (QED) is 0.792. The monoisotopic (exact) mass is 359 g/mol. The predicted molar refractivity (Wildman–Crippen MR) is 99.6 cm³/mol. The van der Waals surface area contributed by atoms with E-state index in [2.05, 4.69) is 9.88 Å². The summed E-state index contributed by atoms with van der Waals surface area (Å²) in [6.07, 6.45) is 4.04. The van der Waals surface area contributed by atoms with Crippen molar-refractivity contribution >= 4 is 23.3 Å². The number of amides is 1. The summed E-state index contributed by atoms with van der Waals surface area (Å²) in [5.74, 6) is 1.49. The number of hydrogen-bond donors (Lipinski definition) is 0. The first-order chi connectivity index (χ1) is 12.1. The van der Waals surface area contributed by atoms with Gasteiger partial charge in [0.15, 0.2) is 0 Å². The van der Waals surface area contributed by atoms with Gasteiger partial charge in [0.05, 0.1) is 12.1 Å².